The molecule has 0 aromatic heterocycles. The second-order valence-corrected chi connectivity index (χ2v) is 4.94. The number of rotatable bonds is 2. The van der Waals surface area contributed by atoms with Gasteiger partial charge < -0.3 is 4.90 Å². The van der Waals surface area contributed by atoms with Crippen molar-refractivity contribution in [2.24, 2.45) is 5.41 Å². The molecule has 1 heterocycles. The van der Waals surface area contributed by atoms with Crippen LogP contribution in [0.1, 0.15) is 20.3 Å². The smallest absolute Gasteiger partial charge is 0.229 e. The van der Waals surface area contributed by atoms with E-state index in [1.54, 1.807) is 4.90 Å². The van der Waals surface area contributed by atoms with Gasteiger partial charge in [-0.3, -0.25) is 4.79 Å². The number of hydrogen-bond acceptors (Lipinski definition) is 1. The monoisotopic (exact) mass is 235 g/mol. The van der Waals surface area contributed by atoms with Crippen molar-refractivity contribution in [3.05, 3.63) is 11.1 Å². The highest BCUT2D eigenvalue weighted by Crippen LogP contribution is 2.23. The molecule has 0 aromatic rings. The molecule has 0 spiro atoms. The molecule has 0 saturated carbocycles. The van der Waals surface area contributed by atoms with Crippen LogP contribution in [0.3, 0.4) is 0 Å². The van der Waals surface area contributed by atoms with E-state index in [-0.39, 0.29) is 5.91 Å². The van der Waals surface area contributed by atoms with Gasteiger partial charge in [0.1, 0.15) is 0 Å². The van der Waals surface area contributed by atoms with Crippen LogP contribution in [0.2, 0.25) is 0 Å². The van der Waals surface area contributed by atoms with Gasteiger partial charge in [-0.05, 0) is 20.3 Å². The Kier molecular flexibility index (Phi) is 3.85. The predicted molar refractivity (Wildman–Crippen MR) is 59.6 cm³/mol. The van der Waals surface area contributed by atoms with Crippen molar-refractivity contribution < 1.29 is 4.79 Å². The highest BCUT2D eigenvalue weighted by molar-refractivity contribution is 6.30. The third kappa shape index (κ3) is 2.64. The van der Waals surface area contributed by atoms with Gasteiger partial charge in [0.15, 0.2) is 0 Å². The summed E-state index contributed by atoms with van der Waals surface area (Å²) in [6.07, 6.45) is 2.79. The number of hydrogen-bond donors (Lipinski definition) is 0. The Hall–Kier alpha value is -0.210. The van der Waals surface area contributed by atoms with E-state index in [1.165, 1.54) is 0 Å². The largest absolute Gasteiger partial charge is 0.337 e. The maximum Gasteiger partial charge on any atom is 0.229 e. The summed E-state index contributed by atoms with van der Waals surface area (Å²) in [5.74, 6) is 0.419. The topological polar surface area (TPSA) is 20.3 Å². The Bertz CT molecular complexity index is 261. The predicted octanol–water partition coefficient (Wildman–Crippen LogP) is 2.61. The zero-order valence-corrected chi connectivity index (χ0v) is 10.0. The molecule has 14 heavy (non-hydrogen) atoms. The van der Waals surface area contributed by atoms with E-state index in [4.69, 9.17) is 23.2 Å². The molecule has 0 N–H and O–H groups in total. The third-order valence-corrected chi connectivity index (χ3v) is 3.25. The summed E-state index contributed by atoms with van der Waals surface area (Å²) in [5, 5.41) is 0.745. The molecule has 0 fully saturated rings. The lowest BCUT2D eigenvalue weighted by atomic mass is 9.94. The van der Waals surface area contributed by atoms with Crippen LogP contribution in [0.4, 0.5) is 0 Å². The van der Waals surface area contributed by atoms with Gasteiger partial charge in [0, 0.05) is 17.5 Å². The highest BCUT2D eigenvalue weighted by atomic mass is 35.5. The maximum atomic E-state index is 12.0. The van der Waals surface area contributed by atoms with E-state index in [0.29, 0.717) is 12.4 Å². The Labute approximate surface area is 94.9 Å². The molecular formula is C10H15Cl2NO. The SMILES string of the molecule is CC(C)(CCl)C(=O)N1CCC=C(Cl)C1. The van der Waals surface area contributed by atoms with E-state index in [0.717, 1.165) is 18.0 Å². The van der Waals surface area contributed by atoms with Gasteiger partial charge in [0.2, 0.25) is 5.91 Å². The number of carbonyl (C=O) groups is 1. The molecule has 0 radical (unpaired) electrons. The number of nitrogens with zero attached hydrogens (tertiary/aromatic N) is 1. The van der Waals surface area contributed by atoms with Gasteiger partial charge in [-0.1, -0.05) is 17.7 Å². The second kappa shape index (κ2) is 4.54. The quantitative estimate of drug-likeness (QED) is 0.675. The maximum absolute atomic E-state index is 12.0. The van der Waals surface area contributed by atoms with Crippen LogP contribution in [0.15, 0.2) is 11.1 Å². The van der Waals surface area contributed by atoms with Crippen molar-refractivity contribution in [2.75, 3.05) is 19.0 Å². The summed E-state index contributed by atoms with van der Waals surface area (Å²) in [5.41, 5.74) is -0.490. The van der Waals surface area contributed by atoms with E-state index in [1.807, 2.05) is 19.9 Å². The zero-order chi connectivity index (χ0) is 10.8. The van der Waals surface area contributed by atoms with Crippen LogP contribution in [0.25, 0.3) is 0 Å². The minimum absolute atomic E-state index is 0.0822. The van der Waals surface area contributed by atoms with E-state index in [2.05, 4.69) is 0 Å². The summed E-state index contributed by atoms with van der Waals surface area (Å²) in [6, 6.07) is 0. The van der Waals surface area contributed by atoms with Crippen molar-refractivity contribution in [1.29, 1.82) is 0 Å². The molecule has 1 rings (SSSR count). The normalized spacial score (nSPS) is 18.0. The molecule has 0 atom stereocenters. The number of amides is 1. The first-order valence-corrected chi connectivity index (χ1v) is 5.58. The molecule has 1 aliphatic rings. The van der Waals surface area contributed by atoms with Crippen LogP contribution in [-0.2, 0) is 4.79 Å². The summed E-state index contributed by atoms with van der Waals surface area (Å²) in [6.45, 7) is 4.99. The van der Waals surface area contributed by atoms with Crippen molar-refractivity contribution >= 4 is 29.1 Å². The molecule has 80 valence electrons. The van der Waals surface area contributed by atoms with Gasteiger partial charge in [-0.2, -0.15) is 0 Å². The summed E-state index contributed by atoms with van der Waals surface area (Å²) >= 11 is 11.6. The Balaban J connectivity index is 2.67. The molecule has 0 aromatic carbocycles. The first kappa shape index (κ1) is 11.9. The number of halogens is 2. The van der Waals surface area contributed by atoms with E-state index in [9.17, 15) is 4.79 Å². The molecule has 0 aliphatic carbocycles. The fourth-order valence-corrected chi connectivity index (χ4v) is 1.73. The average Bonchev–Trinajstić information content (AvgIpc) is 2.16. The summed E-state index contributed by atoms with van der Waals surface area (Å²) in [7, 11) is 0. The first-order valence-electron chi connectivity index (χ1n) is 4.67. The van der Waals surface area contributed by atoms with Gasteiger partial charge in [-0.25, -0.2) is 0 Å². The lowest BCUT2D eigenvalue weighted by Crippen LogP contribution is -2.44. The highest BCUT2D eigenvalue weighted by Gasteiger charge is 2.31. The average molecular weight is 236 g/mol. The van der Waals surface area contributed by atoms with Crippen molar-refractivity contribution in [3.8, 4) is 0 Å². The van der Waals surface area contributed by atoms with Crippen molar-refractivity contribution in [3.63, 3.8) is 0 Å². The molecule has 0 unspecified atom stereocenters. The van der Waals surface area contributed by atoms with Crippen molar-refractivity contribution in [1.82, 2.24) is 4.90 Å². The van der Waals surface area contributed by atoms with E-state index < -0.39 is 5.41 Å². The molecule has 1 amide bonds. The zero-order valence-electron chi connectivity index (χ0n) is 8.52. The van der Waals surface area contributed by atoms with Gasteiger partial charge in [0.05, 0.1) is 12.0 Å². The lowest BCUT2D eigenvalue weighted by molar-refractivity contribution is -0.138. The third-order valence-electron chi connectivity index (χ3n) is 2.31. The van der Waals surface area contributed by atoms with Crippen LogP contribution in [0.5, 0.6) is 0 Å². The van der Waals surface area contributed by atoms with Crippen LogP contribution >= 0.6 is 23.2 Å². The standard InChI is InChI=1S/C10H15Cl2NO/c1-10(2,7-11)9(14)13-5-3-4-8(12)6-13/h4H,3,5-7H2,1-2H3. The second-order valence-electron chi connectivity index (χ2n) is 4.18. The molecule has 0 saturated heterocycles. The Morgan fingerprint density at radius 3 is 2.79 bits per heavy atom. The Morgan fingerprint density at radius 1 is 1.64 bits per heavy atom. The fraction of sp³-hybridized carbons (Fsp3) is 0.700. The minimum Gasteiger partial charge on any atom is -0.337 e. The van der Waals surface area contributed by atoms with Crippen LogP contribution in [0, 0.1) is 5.41 Å². The molecule has 4 heteroatoms. The van der Waals surface area contributed by atoms with Crippen LogP contribution < -0.4 is 0 Å². The number of carbonyl (C=O) groups excluding carboxylic acids is 1. The Morgan fingerprint density at radius 2 is 2.29 bits per heavy atom. The number of alkyl halides is 1. The van der Waals surface area contributed by atoms with Gasteiger partial charge in [0.25, 0.3) is 0 Å². The minimum atomic E-state index is -0.490. The molecule has 1 aliphatic heterocycles. The molecule has 2 nitrogen and oxygen atoms in total. The molecular weight excluding hydrogens is 221 g/mol. The van der Waals surface area contributed by atoms with E-state index >= 15 is 0 Å². The van der Waals surface area contributed by atoms with Crippen molar-refractivity contribution in [2.45, 2.75) is 20.3 Å². The summed E-state index contributed by atoms with van der Waals surface area (Å²) in [4.78, 5) is 13.7. The molecule has 0 bridgehead atoms. The first-order chi connectivity index (χ1) is 6.47. The van der Waals surface area contributed by atoms with Gasteiger partial charge in [-0.15, -0.1) is 11.6 Å². The van der Waals surface area contributed by atoms with Crippen LogP contribution in [-0.4, -0.2) is 29.8 Å². The lowest BCUT2D eigenvalue weighted by Gasteiger charge is -2.32. The van der Waals surface area contributed by atoms with Gasteiger partial charge >= 0.3 is 0 Å². The fourth-order valence-electron chi connectivity index (χ4n) is 1.36. The summed E-state index contributed by atoms with van der Waals surface area (Å²) < 4.78 is 0.